The zero-order valence-electron chi connectivity index (χ0n) is 15.5. The zero-order chi connectivity index (χ0) is 19.3. The van der Waals surface area contributed by atoms with Gasteiger partial charge in [0.2, 0.25) is 5.75 Å². The number of allylic oxidation sites excluding steroid dienone is 1. The average Bonchev–Trinajstić information content (AvgIpc) is 2.67. The maximum Gasteiger partial charge on any atom is 0.203 e. The first-order valence-electron chi connectivity index (χ1n) is 7.85. The molecule has 0 atom stereocenters. The third-order valence-corrected chi connectivity index (χ3v) is 3.87. The zero-order valence-corrected chi connectivity index (χ0v) is 15.5. The summed E-state index contributed by atoms with van der Waals surface area (Å²) in [5, 5.41) is 9.67. The van der Waals surface area contributed by atoms with Crippen LogP contribution in [0, 0.1) is 0 Å². The average molecular weight is 358 g/mol. The van der Waals surface area contributed by atoms with Crippen LogP contribution >= 0.6 is 0 Å². The van der Waals surface area contributed by atoms with Gasteiger partial charge < -0.3 is 24.1 Å². The Morgan fingerprint density at radius 3 is 1.96 bits per heavy atom. The molecule has 0 heterocycles. The van der Waals surface area contributed by atoms with Crippen molar-refractivity contribution in [3.63, 3.8) is 0 Å². The van der Waals surface area contributed by atoms with E-state index in [0.29, 0.717) is 34.1 Å². The van der Waals surface area contributed by atoms with Crippen LogP contribution in [0.3, 0.4) is 0 Å². The van der Waals surface area contributed by atoms with Gasteiger partial charge in [0, 0.05) is 5.56 Å². The highest BCUT2D eigenvalue weighted by Gasteiger charge is 2.18. The number of ether oxygens (including phenoxy) is 4. The second-order valence-corrected chi connectivity index (χ2v) is 5.50. The topological polar surface area (TPSA) is 74.2 Å². The molecule has 0 spiro atoms. The van der Waals surface area contributed by atoms with Crippen LogP contribution in [0.15, 0.2) is 35.9 Å². The van der Waals surface area contributed by atoms with Gasteiger partial charge >= 0.3 is 0 Å². The standard InChI is InChI=1S/C20H22O6/c1-12(8-13-6-7-15(21)16(9-13)23-2)19(22)14-10-17(24-3)20(26-5)18(11-14)25-4/h6-11,21H,1-5H3. The van der Waals surface area contributed by atoms with Crippen molar-refractivity contribution in [2.24, 2.45) is 0 Å². The number of aromatic hydroxyl groups is 1. The number of benzene rings is 2. The molecule has 0 unspecified atom stereocenters. The summed E-state index contributed by atoms with van der Waals surface area (Å²) in [6, 6.07) is 8.09. The lowest BCUT2D eigenvalue weighted by atomic mass is 10.0. The van der Waals surface area contributed by atoms with E-state index in [1.165, 1.54) is 34.5 Å². The van der Waals surface area contributed by atoms with Crippen LogP contribution in [0.1, 0.15) is 22.8 Å². The highest BCUT2D eigenvalue weighted by atomic mass is 16.5. The van der Waals surface area contributed by atoms with Gasteiger partial charge in [0.15, 0.2) is 28.8 Å². The van der Waals surface area contributed by atoms with Gasteiger partial charge in [0.25, 0.3) is 0 Å². The molecule has 138 valence electrons. The van der Waals surface area contributed by atoms with Crippen LogP contribution in [0.25, 0.3) is 6.08 Å². The quantitative estimate of drug-likeness (QED) is 0.601. The maximum absolute atomic E-state index is 12.8. The molecule has 26 heavy (non-hydrogen) atoms. The first-order valence-corrected chi connectivity index (χ1v) is 7.85. The lowest BCUT2D eigenvalue weighted by Crippen LogP contribution is -2.04. The Balaban J connectivity index is 2.41. The molecule has 0 fully saturated rings. The summed E-state index contributed by atoms with van der Waals surface area (Å²) >= 11 is 0. The minimum Gasteiger partial charge on any atom is -0.504 e. The molecule has 2 rings (SSSR count). The van der Waals surface area contributed by atoms with Crippen molar-refractivity contribution in [1.29, 1.82) is 0 Å². The van der Waals surface area contributed by atoms with Crippen molar-refractivity contribution < 1.29 is 28.8 Å². The predicted octanol–water partition coefficient (Wildman–Crippen LogP) is 3.71. The molecular formula is C20H22O6. The number of carbonyl (C=O) groups excluding carboxylic acids is 1. The summed E-state index contributed by atoms with van der Waals surface area (Å²) in [5.74, 6) is 1.45. The number of hydrogen-bond donors (Lipinski definition) is 1. The summed E-state index contributed by atoms with van der Waals surface area (Å²) in [7, 11) is 5.97. The van der Waals surface area contributed by atoms with Gasteiger partial charge in [0.05, 0.1) is 28.4 Å². The summed E-state index contributed by atoms with van der Waals surface area (Å²) in [6.45, 7) is 1.71. The molecular weight excluding hydrogens is 336 g/mol. The van der Waals surface area contributed by atoms with E-state index in [4.69, 9.17) is 18.9 Å². The van der Waals surface area contributed by atoms with Crippen molar-refractivity contribution in [3.05, 3.63) is 47.0 Å². The molecule has 0 saturated heterocycles. The van der Waals surface area contributed by atoms with E-state index < -0.39 is 0 Å². The van der Waals surface area contributed by atoms with Crippen molar-refractivity contribution in [2.75, 3.05) is 28.4 Å². The van der Waals surface area contributed by atoms with Gasteiger partial charge in [-0.15, -0.1) is 0 Å². The van der Waals surface area contributed by atoms with Crippen molar-refractivity contribution >= 4 is 11.9 Å². The van der Waals surface area contributed by atoms with Gasteiger partial charge in [-0.25, -0.2) is 0 Å². The van der Waals surface area contributed by atoms with E-state index in [0.717, 1.165) is 5.56 Å². The number of methoxy groups -OCH3 is 4. The number of phenols is 1. The lowest BCUT2D eigenvalue weighted by molar-refractivity contribution is 0.103. The predicted molar refractivity (Wildman–Crippen MR) is 98.7 cm³/mol. The third-order valence-electron chi connectivity index (χ3n) is 3.87. The highest BCUT2D eigenvalue weighted by molar-refractivity contribution is 6.11. The molecule has 6 heteroatoms. The number of carbonyl (C=O) groups is 1. The number of phenolic OH excluding ortho intramolecular Hbond substituents is 1. The molecule has 0 aliphatic carbocycles. The van der Waals surface area contributed by atoms with Gasteiger partial charge in [-0.3, -0.25) is 4.79 Å². The summed E-state index contributed by atoms with van der Waals surface area (Å²) in [6.07, 6.45) is 1.72. The monoisotopic (exact) mass is 358 g/mol. The molecule has 6 nitrogen and oxygen atoms in total. The van der Waals surface area contributed by atoms with Gasteiger partial charge in [-0.05, 0) is 48.4 Å². The van der Waals surface area contributed by atoms with E-state index in [9.17, 15) is 9.90 Å². The number of Topliss-reactive ketones (excluding diaryl/α,β-unsaturated/α-hetero) is 1. The molecule has 0 aromatic heterocycles. The van der Waals surface area contributed by atoms with Crippen LogP contribution in [0.5, 0.6) is 28.7 Å². The third kappa shape index (κ3) is 3.91. The van der Waals surface area contributed by atoms with E-state index >= 15 is 0 Å². The number of rotatable bonds is 7. The molecule has 2 aromatic rings. The largest absolute Gasteiger partial charge is 0.504 e. The lowest BCUT2D eigenvalue weighted by Gasteiger charge is -2.14. The highest BCUT2D eigenvalue weighted by Crippen LogP contribution is 2.38. The molecule has 0 radical (unpaired) electrons. The fourth-order valence-corrected chi connectivity index (χ4v) is 2.54. The molecule has 0 bridgehead atoms. The fraction of sp³-hybridized carbons (Fsp3) is 0.250. The van der Waals surface area contributed by atoms with Crippen molar-refractivity contribution in [2.45, 2.75) is 6.92 Å². The van der Waals surface area contributed by atoms with Crippen LogP contribution < -0.4 is 18.9 Å². The minimum atomic E-state index is -0.184. The smallest absolute Gasteiger partial charge is 0.203 e. The van der Waals surface area contributed by atoms with E-state index in [1.807, 2.05) is 0 Å². The maximum atomic E-state index is 12.8. The van der Waals surface area contributed by atoms with Crippen LogP contribution in [-0.4, -0.2) is 39.3 Å². The second kappa shape index (κ2) is 8.29. The Kier molecular flexibility index (Phi) is 6.11. The van der Waals surface area contributed by atoms with E-state index in [-0.39, 0.29) is 11.5 Å². The summed E-state index contributed by atoms with van der Waals surface area (Å²) < 4.78 is 20.9. The molecule has 0 amide bonds. The Morgan fingerprint density at radius 1 is 0.885 bits per heavy atom. The molecule has 0 aliphatic heterocycles. The number of ketones is 1. The molecule has 1 N–H and O–H groups in total. The molecule has 0 aliphatic rings. The van der Waals surface area contributed by atoms with Gasteiger partial charge in [0.1, 0.15) is 0 Å². The van der Waals surface area contributed by atoms with E-state index in [2.05, 4.69) is 0 Å². The first kappa shape index (κ1) is 19.2. The van der Waals surface area contributed by atoms with Gasteiger partial charge in [-0.1, -0.05) is 6.07 Å². The Labute approximate surface area is 152 Å². The first-order chi connectivity index (χ1) is 12.4. The second-order valence-electron chi connectivity index (χ2n) is 5.50. The Hall–Kier alpha value is -3.15. The van der Waals surface area contributed by atoms with Crippen molar-refractivity contribution in [3.8, 4) is 28.7 Å². The number of hydrogen-bond acceptors (Lipinski definition) is 6. The summed E-state index contributed by atoms with van der Waals surface area (Å²) in [4.78, 5) is 12.8. The van der Waals surface area contributed by atoms with Crippen LogP contribution in [0.2, 0.25) is 0 Å². The van der Waals surface area contributed by atoms with Crippen LogP contribution in [-0.2, 0) is 0 Å². The minimum absolute atomic E-state index is 0.0401. The fourth-order valence-electron chi connectivity index (χ4n) is 2.54. The SMILES string of the molecule is COc1cc(C=C(C)C(=O)c2cc(OC)c(OC)c(OC)c2)ccc1O. The van der Waals surface area contributed by atoms with E-state index in [1.54, 1.807) is 37.3 Å². The summed E-state index contributed by atoms with van der Waals surface area (Å²) in [5.41, 5.74) is 1.66. The van der Waals surface area contributed by atoms with Crippen molar-refractivity contribution in [1.82, 2.24) is 0 Å². The van der Waals surface area contributed by atoms with Crippen LogP contribution in [0.4, 0.5) is 0 Å². The van der Waals surface area contributed by atoms with Gasteiger partial charge in [-0.2, -0.15) is 0 Å². The normalized spacial score (nSPS) is 11.0. The molecule has 2 aromatic carbocycles. The Morgan fingerprint density at radius 2 is 1.46 bits per heavy atom. The molecule has 0 saturated carbocycles. The Bertz CT molecular complexity index is 813.